The summed E-state index contributed by atoms with van der Waals surface area (Å²) in [6.07, 6.45) is 2.59. The van der Waals surface area contributed by atoms with E-state index in [1.165, 1.54) is 6.42 Å². The van der Waals surface area contributed by atoms with Gasteiger partial charge in [0.05, 0.1) is 6.10 Å². The molecule has 0 aliphatic carbocycles. The Kier molecular flexibility index (Phi) is 3.10. The van der Waals surface area contributed by atoms with Crippen LogP contribution >= 0.6 is 0 Å². The van der Waals surface area contributed by atoms with Gasteiger partial charge in [0.15, 0.2) is 5.82 Å². The van der Waals surface area contributed by atoms with Crippen LogP contribution in [0.4, 0.5) is 0 Å². The van der Waals surface area contributed by atoms with E-state index in [4.69, 9.17) is 9.26 Å². The minimum Gasteiger partial charge on any atom is -0.369 e. The van der Waals surface area contributed by atoms with Crippen molar-refractivity contribution in [1.29, 1.82) is 0 Å². The van der Waals surface area contributed by atoms with E-state index >= 15 is 0 Å². The van der Waals surface area contributed by atoms with Gasteiger partial charge in [-0.15, -0.1) is 0 Å². The van der Waals surface area contributed by atoms with Crippen LogP contribution in [-0.4, -0.2) is 29.3 Å². The molecular formula is C9H15N3O2. The van der Waals surface area contributed by atoms with Crippen LogP contribution in [0, 0.1) is 6.92 Å². The number of nitrogens with zero attached hydrogens (tertiary/aromatic N) is 2. The fourth-order valence-electron chi connectivity index (χ4n) is 1.55. The number of aryl methyl sites for hydroxylation is 1. The zero-order valence-corrected chi connectivity index (χ0v) is 8.32. The number of ether oxygens (including phenoxy) is 1. The summed E-state index contributed by atoms with van der Waals surface area (Å²) in [6.45, 7) is 4.25. The Labute approximate surface area is 82.8 Å². The van der Waals surface area contributed by atoms with E-state index in [-0.39, 0.29) is 0 Å². The third-order valence-electron chi connectivity index (χ3n) is 2.27. The van der Waals surface area contributed by atoms with Crippen molar-refractivity contribution < 1.29 is 9.26 Å². The van der Waals surface area contributed by atoms with Crippen molar-refractivity contribution in [2.45, 2.75) is 32.5 Å². The van der Waals surface area contributed by atoms with Crippen LogP contribution in [0.3, 0.4) is 0 Å². The van der Waals surface area contributed by atoms with Crippen molar-refractivity contribution in [3.63, 3.8) is 0 Å². The van der Waals surface area contributed by atoms with Gasteiger partial charge < -0.3 is 14.6 Å². The van der Waals surface area contributed by atoms with Crippen LogP contribution in [0.15, 0.2) is 4.52 Å². The van der Waals surface area contributed by atoms with Crippen LogP contribution in [0.5, 0.6) is 0 Å². The molecule has 5 heteroatoms. The molecule has 1 atom stereocenters. The Morgan fingerprint density at radius 2 is 2.57 bits per heavy atom. The van der Waals surface area contributed by atoms with Crippen molar-refractivity contribution in [3.8, 4) is 0 Å². The standard InChI is InChI=1S/C9H15N3O2/c1-7-11-9(12-14-7)6-13-8-3-2-4-10-5-8/h8,10H,2-6H2,1H3/t8-/m0/s1. The van der Waals surface area contributed by atoms with E-state index in [2.05, 4.69) is 15.5 Å². The second kappa shape index (κ2) is 4.52. The van der Waals surface area contributed by atoms with E-state index in [0.717, 1.165) is 19.5 Å². The molecule has 5 nitrogen and oxygen atoms in total. The van der Waals surface area contributed by atoms with E-state index in [9.17, 15) is 0 Å². The van der Waals surface area contributed by atoms with Crippen molar-refractivity contribution in [3.05, 3.63) is 11.7 Å². The zero-order valence-electron chi connectivity index (χ0n) is 8.32. The molecular weight excluding hydrogens is 182 g/mol. The molecule has 0 bridgehead atoms. The summed E-state index contributed by atoms with van der Waals surface area (Å²) in [7, 11) is 0. The lowest BCUT2D eigenvalue weighted by atomic mass is 10.1. The highest BCUT2D eigenvalue weighted by molar-refractivity contribution is 4.81. The number of nitrogens with one attached hydrogen (secondary N) is 1. The molecule has 0 amide bonds. The summed E-state index contributed by atoms with van der Waals surface area (Å²) in [5.41, 5.74) is 0. The van der Waals surface area contributed by atoms with Crippen LogP contribution in [0.1, 0.15) is 24.6 Å². The quantitative estimate of drug-likeness (QED) is 0.770. The summed E-state index contributed by atoms with van der Waals surface area (Å²) in [6, 6.07) is 0. The molecule has 1 aromatic heterocycles. The van der Waals surface area contributed by atoms with Gasteiger partial charge in [-0.3, -0.25) is 0 Å². The van der Waals surface area contributed by atoms with Gasteiger partial charge in [-0.05, 0) is 19.4 Å². The normalized spacial score (nSPS) is 22.5. The molecule has 0 saturated carbocycles. The lowest BCUT2D eigenvalue weighted by molar-refractivity contribution is 0.0210. The largest absolute Gasteiger partial charge is 0.369 e. The minimum atomic E-state index is 0.294. The van der Waals surface area contributed by atoms with Gasteiger partial charge >= 0.3 is 0 Å². The number of piperidine rings is 1. The topological polar surface area (TPSA) is 60.2 Å². The molecule has 1 aromatic rings. The molecule has 0 radical (unpaired) electrons. The monoisotopic (exact) mass is 197 g/mol. The Bertz CT molecular complexity index is 281. The van der Waals surface area contributed by atoms with E-state index < -0.39 is 0 Å². The third-order valence-corrected chi connectivity index (χ3v) is 2.27. The van der Waals surface area contributed by atoms with Crippen LogP contribution < -0.4 is 5.32 Å². The molecule has 0 aromatic carbocycles. The molecule has 14 heavy (non-hydrogen) atoms. The molecule has 0 unspecified atom stereocenters. The van der Waals surface area contributed by atoms with Crippen LogP contribution in [-0.2, 0) is 11.3 Å². The lowest BCUT2D eigenvalue weighted by Gasteiger charge is -2.22. The number of aromatic nitrogens is 2. The maximum absolute atomic E-state index is 5.63. The second-order valence-corrected chi connectivity index (χ2v) is 3.51. The summed E-state index contributed by atoms with van der Waals surface area (Å²) in [5.74, 6) is 1.22. The summed E-state index contributed by atoms with van der Waals surface area (Å²) >= 11 is 0. The average molecular weight is 197 g/mol. The smallest absolute Gasteiger partial charge is 0.223 e. The van der Waals surface area contributed by atoms with Gasteiger partial charge in [0.25, 0.3) is 0 Å². The SMILES string of the molecule is Cc1nc(CO[C@H]2CCCNC2)no1. The highest BCUT2D eigenvalue weighted by Gasteiger charge is 2.14. The number of hydrogen-bond acceptors (Lipinski definition) is 5. The van der Waals surface area contributed by atoms with E-state index in [0.29, 0.717) is 24.4 Å². The van der Waals surface area contributed by atoms with Crippen LogP contribution in [0.25, 0.3) is 0 Å². The Morgan fingerprint density at radius 3 is 3.21 bits per heavy atom. The maximum Gasteiger partial charge on any atom is 0.223 e. The molecule has 1 N–H and O–H groups in total. The highest BCUT2D eigenvalue weighted by Crippen LogP contribution is 2.08. The fraction of sp³-hybridized carbons (Fsp3) is 0.778. The first-order chi connectivity index (χ1) is 6.84. The van der Waals surface area contributed by atoms with Gasteiger partial charge in [-0.1, -0.05) is 5.16 Å². The Hall–Kier alpha value is -0.940. The highest BCUT2D eigenvalue weighted by atomic mass is 16.5. The van der Waals surface area contributed by atoms with Gasteiger partial charge in [0, 0.05) is 13.5 Å². The summed E-state index contributed by atoms with van der Waals surface area (Å²) in [4.78, 5) is 4.07. The zero-order chi connectivity index (χ0) is 9.80. The van der Waals surface area contributed by atoms with Crippen molar-refractivity contribution in [2.75, 3.05) is 13.1 Å². The number of rotatable bonds is 3. The van der Waals surface area contributed by atoms with E-state index in [1.807, 2.05) is 0 Å². The van der Waals surface area contributed by atoms with Crippen molar-refractivity contribution >= 4 is 0 Å². The van der Waals surface area contributed by atoms with Gasteiger partial charge in [-0.25, -0.2) is 0 Å². The minimum absolute atomic E-state index is 0.294. The number of hydrogen-bond donors (Lipinski definition) is 1. The van der Waals surface area contributed by atoms with Crippen LogP contribution in [0.2, 0.25) is 0 Å². The molecule has 1 saturated heterocycles. The second-order valence-electron chi connectivity index (χ2n) is 3.51. The average Bonchev–Trinajstić information content (AvgIpc) is 2.63. The summed E-state index contributed by atoms with van der Waals surface area (Å²) in [5, 5.41) is 7.06. The van der Waals surface area contributed by atoms with Gasteiger partial charge in [0.2, 0.25) is 5.89 Å². The molecule has 2 heterocycles. The lowest BCUT2D eigenvalue weighted by Crippen LogP contribution is -2.35. The Balaban J connectivity index is 1.76. The third kappa shape index (κ3) is 2.52. The first kappa shape index (κ1) is 9.61. The van der Waals surface area contributed by atoms with E-state index in [1.54, 1.807) is 6.92 Å². The molecule has 1 aliphatic rings. The maximum atomic E-state index is 5.63. The molecule has 78 valence electrons. The molecule has 0 spiro atoms. The Morgan fingerprint density at radius 1 is 1.64 bits per heavy atom. The first-order valence-electron chi connectivity index (χ1n) is 4.96. The summed E-state index contributed by atoms with van der Waals surface area (Å²) < 4.78 is 10.5. The molecule has 1 fully saturated rings. The molecule has 2 rings (SSSR count). The predicted octanol–water partition coefficient (Wildman–Crippen LogP) is 0.647. The predicted molar refractivity (Wildman–Crippen MR) is 49.7 cm³/mol. The van der Waals surface area contributed by atoms with Crippen molar-refractivity contribution in [1.82, 2.24) is 15.5 Å². The molecule has 1 aliphatic heterocycles. The van der Waals surface area contributed by atoms with Gasteiger partial charge in [-0.2, -0.15) is 4.98 Å². The fourth-order valence-corrected chi connectivity index (χ4v) is 1.55. The van der Waals surface area contributed by atoms with Crippen molar-refractivity contribution in [2.24, 2.45) is 0 Å². The first-order valence-corrected chi connectivity index (χ1v) is 4.96. The van der Waals surface area contributed by atoms with Gasteiger partial charge in [0.1, 0.15) is 6.61 Å².